The van der Waals surface area contributed by atoms with Crippen LogP contribution in [0.4, 0.5) is 21.9 Å². The molecule has 1 N–H and O–H groups in total. The van der Waals surface area contributed by atoms with E-state index in [0.29, 0.717) is 10.0 Å². The smallest absolute Gasteiger partial charge is 0.335 e. The lowest BCUT2D eigenvalue weighted by atomic mass is 10.1. The zero-order chi connectivity index (χ0) is 26.0. The maximum absolute atomic E-state index is 12.9. The quantitative estimate of drug-likeness (QED) is 0.198. The van der Waals surface area contributed by atoms with E-state index in [-0.39, 0.29) is 22.8 Å². The molecule has 1 aliphatic heterocycles. The van der Waals surface area contributed by atoms with E-state index in [1.54, 1.807) is 30.3 Å². The maximum atomic E-state index is 12.9. The number of nitro groups is 2. The van der Waals surface area contributed by atoms with Gasteiger partial charge in [-0.25, -0.2) is 9.69 Å². The van der Waals surface area contributed by atoms with Crippen LogP contribution in [0.15, 0.2) is 76.8 Å². The van der Waals surface area contributed by atoms with E-state index in [9.17, 15) is 34.6 Å². The Labute approximate surface area is 210 Å². The molecule has 3 aromatic rings. The third kappa shape index (κ3) is 4.81. The van der Waals surface area contributed by atoms with Gasteiger partial charge in [0.25, 0.3) is 17.5 Å². The van der Waals surface area contributed by atoms with Crippen molar-refractivity contribution in [3.05, 3.63) is 103 Å². The van der Waals surface area contributed by atoms with Crippen molar-refractivity contribution in [2.45, 2.75) is 0 Å². The first-order chi connectivity index (χ1) is 17.2. The highest BCUT2D eigenvalue weighted by Crippen LogP contribution is 2.37. The second-order valence-corrected chi connectivity index (χ2v) is 8.11. The van der Waals surface area contributed by atoms with E-state index < -0.39 is 39.1 Å². The molecular weight excluding hydrogens is 540 g/mol. The second kappa shape index (κ2) is 9.76. The fourth-order valence-corrected chi connectivity index (χ4v) is 3.77. The summed E-state index contributed by atoms with van der Waals surface area (Å²) in [6.07, 6.45) is 1.28. The van der Waals surface area contributed by atoms with Crippen LogP contribution in [-0.2, 0) is 9.59 Å². The molecule has 36 heavy (non-hydrogen) atoms. The van der Waals surface area contributed by atoms with E-state index in [0.717, 1.165) is 23.1 Å². The van der Waals surface area contributed by atoms with Gasteiger partial charge in [0.15, 0.2) is 0 Å². The largest absolute Gasteiger partial charge is 0.449 e. The number of ether oxygens (including phenoxy) is 1. The van der Waals surface area contributed by atoms with E-state index in [1.807, 2.05) is 0 Å². The lowest BCUT2D eigenvalue weighted by Crippen LogP contribution is -2.54. The molecule has 4 amide bonds. The van der Waals surface area contributed by atoms with Gasteiger partial charge in [0.05, 0.1) is 26.1 Å². The number of benzene rings is 3. The molecular formula is C23H13BrN4O8. The van der Waals surface area contributed by atoms with Crippen LogP contribution in [0, 0.1) is 20.2 Å². The summed E-state index contributed by atoms with van der Waals surface area (Å²) >= 11 is 3.27. The van der Waals surface area contributed by atoms with Gasteiger partial charge in [-0.3, -0.25) is 35.1 Å². The number of nitro benzene ring substituents is 2. The van der Waals surface area contributed by atoms with Crippen molar-refractivity contribution < 1.29 is 29.0 Å². The highest BCUT2D eigenvalue weighted by Gasteiger charge is 2.36. The van der Waals surface area contributed by atoms with Gasteiger partial charge >= 0.3 is 11.7 Å². The van der Waals surface area contributed by atoms with Crippen molar-refractivity contribution in [3.8, 4) is 11.5 Å². The molecule has 3 aromatic carbocycles. The normalized spacial score (nSPS) is 14.5. The molecule has 0 radical (unpaired) electrons. The molecule has 1 aliphatic rings. The monoisotopic (exact) mass is 552 g/mol. The third-order valence-electron chi connectivity index (χ3n) is 4.95. The Hall–Kier alpha value is -4.91. The van der Waals surface area contributed by atoms with Gasteiger partial charge in [0.1, 0.15) is 11.3 Å². The van der Waals surface area contributed by atoms with Crippen molar-refractivity contribution in [1.82, 2.24) is 5.32 Å². The van der Waals surface area contributed by atoms with Crippen LogP contribution in [-0.4, -0.2) is 27.7 Å². The minimum atomic E-state index is -0.872. The number of para-hydroxylation sites is 1. The number of non-ortho nitro benzene ring substituents is 1. The predicted molar refractivity (Wildman–Crippen MR) is 129 cm³/mol. The number of rotatable bonds is 6. The number of halogens is 1. The summed E-state index contributed by atoms with van der Waals surface area (Å²) in [5.41, 5.74) is -0.683. The number of hydrogen-bond acceptors (Lipinski definition) is 8. The molecule has 1 heterocycles. The Balaban J connectivity index is 1.63. The molecule has 0 spiro atoms. The highest BCUT2D eigenvalue weighted by molar-refractivity contribution is 9.10. The highest BCUT2D eigenvalue weighted by atomic mass is 79.9. The maximum Gasteiger partial charge on any atom is 0.335 e. The van der Waals surface area contributed by atoms with Crippen LogP contribution in [0.2, 0.25) is 0 Å². The number of anilines is 1. The molecule has 0 atom stereocenters. The summed E-state index contributed by atoms with van der Waals surface area (Å²) in [5.74, 6) is -1.77. The number of hydrogen-bond donors (Lipinski definition) is 1. The van der Waals surface area contributed by atoms with Crippen molar-refractivity contribution in [3.63, 3.8) is 0 Å². The molecule has 0 aliphatic carbocycles. The Bertz CT molecular complexity index is 1470. The van der Waals surface area contributed by atoms with Gasteiger partial charge in [-0.15, -0.1) is 0 Å². The molecule has 4 rings (SSSR count). The van der Waals surface area contributed by atoms with Crippen LogP contribution < -0.4 is 15.0 Å². The minimum Gasteiger partial charge on any atom is -0.449 e. The summed E-state index contributed by atoms with van der Waals surface area (Å²) in [5, 5.41) is 24.4. The van der Waals surface area contributed by atoms with Gasteiger partial charge < -0.3 is 4.74 Å². The van der Waals surface area contributed by atoms with Crippen LogP contribution in [0.5, 0.6) is 11.5 Å². The van der Waals surface area contributed by atoms with Gasteiger partial charge in [-0.1, -0.05) is 24.3 Å². The number of urea groups is 1. The fourth-order valence-electron chi connectivity index (χ4n) is 3.29. The molecule has 1 saturated heterocycles. The second-order valence-electron chi connectivity index (χ2n) is 7.25. The molecule has 0 aromatic heterocycles. The summed E-state index contributed by atoms with van der Waals surface area (Å²) in [6, 6.07) is 14.6. The Kier molecular flexibility index (Phi) is 6.56. The van der Waals surface area contributed by atoms with Crippen molar-refractivity contribution >= 4 is 56.9 Å². The number of amides is 4. The zero-order valence-electron chi connectivity index (χ0n) is 17.9. The van der Waals surface area contributed by atoms with Crippen LogP contribution >= 0.6 is 15.9 Å². The molecule has 1 fully saturated rings. The number of barbiturate groups is 1. The number of carbonyl (C=O) groups is 3. The first-order valence-corrected chi connectivity index (χ1v) is 10.8. The molecule has 0 saturated carbocycles. The lowest BCUT2D eigenvalue weighted by Gasteiger charge is -2.26. The molecule has 12 nitrogen and oxygen atoms in total. The summed E-state index contributed by atoms with van der Waals surface area (Å²) in [4.78, 5) is 59.1. The Morgan fingerprint density at radius 1 is 0.889 bits per heavy atom. The van der Waals surface area contributed by atoms with Crippen molar-refractivity contribution in [1.29, 1.82) is 0 Å². The molecule has 180 valence electrons. The van der Waals surface area contributed by atoms with Crippen molar-refractivity contribution in [2.75, 3.05) is 4.90 Å². The fraction of sp³-hybridized carbons (Fsp3) is 0. The first-order valence-electron chi connectivity index (χ1n) is 10.0. The van der Waals surface area contributed by atoms with Crippen LogP contribution in [0.1, 0.15) is 5.56 Å². The van der Waals surface area contributed by atoms with Gasteiger partial charge in [0, 0.05) is 6.07 Å². The molecule has 0 unspecified atom stereocenters. The minimum absolute atomic E-state index is 0.134. The Morgan fingerprint density at radius 3 is 2.22 bits per heavy atom. The van der Waals surface area contributed by atoms with Crippen LogP contribution in [0.25, 0.3) is 6.08 Å². The van der Waals surface area contributed by atoms with Gasteiger partial charge in [0.2, 0.25) is 5.75 Å². The van der Waals surface area contributed by atoms with E-state index in [1.165, 1.54) is 24.3 Å². The van der Waals surface area contributed by atoms with Crippen LogP contribution in [0.3, 0.4) is 0 Å². The van der Waals surface area contributed by atoms with Gasteiger partial charge in [-0.05, 0) is 57.9 Å². The standard InChI is InChI=1S/C23H13BrN4O8/c24-17-11-13(6-8-19(17)36-20-9-7-15(27(32)33)12-18(20)28(34)35)10-16-21(29)25-23(31)26(22(16)30)14-4-2-1-3-5-14/h1-12H,(H,25,29,31)/b16-10+. The van der Waals surface area contributed by atoms with E-state index >= 15 is 0 Å². The average Bonchev–Trinajstić information content (AvgIpc) is 2.84. The summed E-state index contributed by atoms with van der Waals surface area (Å²) in [6.45, 7) is 0. The molecule has 13 heteroatoms. The predicted octanol–water partition coefficient (Wildman–Crippen LogP) is 4.72. The number of imide groups is 2. The van der Waals surface area contributed by atoms with E-state index in [4.69, 9.17) is 4.74 Å². The number of nitrogens with zero attached hydrogens (tertiary/aromatic N) is 3. The Morgan fingerprint density at radius 2 is 1.58 bits per heavy atom. The summed E-state index contributed by atoms with van der Waals surface area (Å²) in [7, 11) is 0. The molecule has 0 bridgehead atoms. The zero-order valence-corrected chi connectivity index (χ0v) is 19.5. The van der Waals surface area contributed by atoms with E-state index in [2.05, 4.69) is 21.2 Å². The SMILES string of the molecule is O=C1NC(=O)N(c2ccccc2)C(=O)/C1=C/c1ccc(Oc2ccc([N+](=O)[O-])cc2[N+](=O)[O-])c(Br)c1. The number of carbonyl (C=O) groups excluding carboxylic acids is 3. The first kappa shape index (κ1) is 24.2. The third-order valence-corrected chi connectivity index (χ3v) is 5.57. The van der Waals surface area contributed by atoms with Crippen molar-refractivity contribution in [2.24, 2.45) is 0 Å². The number of nitrogens with one attached hydrogen (secondary N) is 1. The lowest BCUT2D eigenvalue weighted by molar-refractivity contribution is -0.394. The average molecular weight is 553 g/mol. The topological polar surface area (TPSA) is 162 Å². The summed E-state index contributed by atoms with van der Waals surface area (Å²) < 4.78 is 5.89. The van der Waals surface area contributed by atoms with Gasteiger partial charge in [-0.2, -0.15) is 0 Å².